The van der Waals surface area contributed by atoms with Crippen LogP contribution >= 0.6 is 15.9 Å². The van der Waals surface area contributed by atoms with Crippen molar-refractivity contribution < 1.29 is 19.2 Å². The zero-order valence-electron chi connectivity index (χ0n) is 13.0. The summed E-state index contributed by atoms with van der Waals surface area (Å²) in [6.45, 7) is 0. The maximum absolute atomic E-state index is 12.4. The van der Waals surface area contributed by atoms with Crippen LogP contribution in [0.25, 0.3) is 6.08 Å². The van der Waals surface area contributed by atoms with E-state index in [2.05, 4.69) is 15.9 Å². The molecule has 0 unspecified atom stereocenters. The third-order valence-corrected chi connectivity index (χ3v) is 4.59. The Labute approximate surface area is 152 Å². The van der Waals surface area contributed by atoms with Crippen LogP contribution in [-0.4, -0.2) is 23.1 Å². The van der Waals surface area contributed by atoms with Crippen LogP contribution in [0.15, 0.2) is 65.1 Å². The largest absolute Gasteiger partial charge is 0.290 e. The van der Waals surface area contributed by atoms with E-state index >= 15 is 0 Å². The monoisotopic (exact) mass is 396 g/mol. The summed E-state index contributed by atoms with van der Waals surface area (Å²) in [6.07, 6.45) is 2.89. The van der Waals surface area contributed by atoms with Crippen LogP contribution in [0.4, 0.5) is 0 Å². The number of benzene rings is 2. The summed E-state index contributed by atoms with van der Waals surface area (Å²) in [5, 5.41) is 0. The van der Waals surface area contributed by atoms with E-state index in [0.717, 1.165) is 10.0 Å². The first-order chi connectivity index (χ1) is 12.0. The maximum Gasteiger partial charge on any atom is 0.214 e. The molecule has 1 fully saturated rings. The van der Waals surface area contributed by atoms with E-state index in [4.69, 9.17) is 0 Å². The Balaban J connectivity index is 1.88. The Morgan fingerprint density at radius 3 is 1.84 bits per heavy atom. The van der Waals surface area contributed by atoms with Crippen LogP contribution in [0.2, 0.25) is 0 Å². The van der Waals surface area contributed by atoms with Crippen molar-refractivity contribution in [3.63, 3.8) is 0 Å². The van der Waals surface area contributed by atoms with Crippen LogP contribution in [0.5, 0.6) is 0 Å². The smallest absolute Gasteiger partial charge is 0.214 e. The van der Waals surface area contributed by atoms with Gasteiger partial charge in [-0.3, -0.25) is 19.2 Å². The molecule has 0 atom stereocenters. The number of rotatable bonds is 3. The van der Waals surface area contributed by atoms with Crippen molar-refractivity contribution in [1.82, 2.24) is 0 Å². The number of carbonyl (C=O) groups excluding carboxylic acids is 4. The summed E-state index contributed by atoms with van der Waals surface area (Å²) < 4.78 is 0.894. The summed E-state index contributed by atoms with van der Waals surface area (Å²) in [5.41, 5.74) is 1.13. The molecule has 0 aromatic heterocycles. The standard InChI is InChI=1S/C20H13BrO4/c21-14-9-6-12(7-10-14)8-11-15-17(22)19(24)16(20(25)18(15)23)13-4-2-1-3-5-13/h1-11,15-16H. The highest BCUT2D eigenvalue weighted by Crippen LogP contribution is 2.27. The second-order valence-electron chi connectivity index (χ2n) is 5.69. The SMILES string of the molecule is O=C1C(=O)C(c2ccccc2)C(=O)C(=O)C1C=Cc1ccc(Br)cc1. The summed E-state index contributed by atoms with van der Waals surface area (Å²) in [4.78, 5) is 49.5. The van der Waals surface area contributed by atoms with E-state index in [9.17, 15) is 19.2 Å². The minimum Gasteiger partial charge on any atom is -0.290 e. The number of hydrogen-bond acceptors (Lipinski definition) is 4. The molecule has 2 aromatic rings. The second-order valence-corrected chi connectivity index (χ2v) is 6.60. The van der Waals surface area contributed by atoms with Crippen LogP contribution in [0.3, 0.4) is 0 Å². The predicted molar refractivity (Wildman–Crippen MR) is 95.9 cm³/mol. The van der Waals surface area contributed by atoms with Gasteiger partial charge in [-0.2, -0.15) is 0 Å². The van der Waals surface area contributed by atoms with Gasteiger partial charge < -0.3 is 0 Å². The van der Waals surface area contributed by atoms with Gasteiger partial charge in [0, 0.05) is 4.47 Å². The average Bonchev–Trinajstić information content (AvgIpc) is 2.63. The predicted octanol–water partition coefficient (Wildman–Crippen LogP) is 3.15. The summed E-state index contributed by atoms with van der Waals surface area (Å²) in [6, 6.07) is 15.4. The zero-order valence-corrected chi connectivity index (χ0v) is 14.6. The van der Waals surface area contributed by atoms with E-state index in [1.165, 1.54) is 6.08 Å². The highest BCUT2D eigenvalue weighted by Gasteiger charge is 2.48. The molecule has 2 aromatic carbocycles. The highest BCUT2D eigenvalue weighted by molar-refractivity contribution is 9.10. The number of carbonyl (C=O) groups is 4. The molecule has 0 spiro atoms. The van der Waals surface area contributed by atoms with Gasteiger partial charge in [0.05, 0.1) is 0 Å². The summed E-state index contributed by atoms with van der Waals surface area (Å²) in [7, 11) is 0. The molecule has 0 radical (unpaired) electrons. The first kappa shape index (κ1) is 17.2. The van der Waals surface area contributed by atoms with Gasteiger partial charge in [0.15, 0.2) is 0 Å². The molecule has 124 valence electrons. The van der Waals surface area contributed by atoms with Crippen molar-refractivity contribution in [2.75, 3.05) is 0 Å². The van der Waals surface area contributed by atoms with Gasteiger partial charge in [0.25, 0.3) is 0 Å². The van der Waals surface area contributed by atoms with Crippen molar-refractivity contribution in [3.05, 3.63) is 76.3 Å². The molecule has 0 heterocycles. The van der Waals surface area contributed by atoms with Gasteiger partial charge >= 0.3 is 0 Å². The number of allylic oxidation sites excluding steroid dienone is 1. The molecule has 4 nitrogen and oxygen atoms in total. The number of Topliss-reactive ketones (excluding diaryl/α,β-unsaturated/α-hetero) is 4. The third-order valence-electron chi connectivity index (χ3n) is 4.06. The fraction of sp³-hybridized carbons (Fsp3) is 0.100. The average molecular weight is 397 g/mol. The first-order valence-corrected chi connectivity index (χ1v) is 8.43. The van der Waals surface area contributed by atoms with Gasteiger partial charge in [-0.05, 0) is 23.3 Å². The number of halogens is 1. The topological polar surface area (TPSA) is 68.3 Å². The molecule has 3 rings (SSSR count). The van der Waals surface area contributed by atoms with Gasteiger partial charge in [-0.15, -0.1) is 0 Å². The van der Waals surface area contributed by atoms with Crippen molar-refractivity contribution in [3.8, 4) is 0 Å². The molecule has 0 N–H and O–H groups in total. The molecule has 0 bridgehead atoms. The summed E-state index contributed by atoms with van der Waals surface area (Å²) in [5.74, 6) is -6.01. The quantitative estimate of drug-likeness (QED) is 0.590. The normalized spacial score (nSPS) is 21.2. The molecular weight excluding hydrogens is 384 g/mol. The molecule has 1 saturated carbocycles. The molecule has 0 amide bonds. The first-order valence-electron chi connectivity index (χ1n) is 7.64. The Kier molecular flexibility index (Phi) is 4.86. The highest BCUT2D eigenvalue weighted by atomic mass is 79.9. The molecule has 0 saturated heterocycles. The van der Waals surface area contributed by atoms with Gasteiger partial charge in [-0.25, -0.2) is 0 Å². The molecule has 25 heavy (non-hydrogen) atoms. The van der Waals surface area contributed by atoms with Crippen LogP contribution in [0.1, 0.15) is 17.0 Å². The van der Waals surface area contributed by atoms with E-state index in [1.807, 2.05) is 12.1 Å². The Morgan fingerprint density at radius 1 is 0.720 bits per heavy atom. The number of hydrogen-bond donors (Lipinski definition) is 0. The van der Waals surface area contributed by atoms with Crippen LogP contribution in [-0.2, 0) is 19.2 Å². The van der Waals surface area contributed by atoms with Crippen LogP contribution in [0, 0.1) is 5.92 Å². The van der Waals surface area contributed by atoms with Crippen molar-refractivity contribution in [2.45, 2.75) is 5.92 Å². The minimum atomic E-state index is -1.34. The van der Waals surface area contributed by atoms with Crippen molar-refractivity contribution >= 4 is 45.1 Å². The zero-order chi connectivity index (χ0) is 18.0. The van der Waals surface area contributed by atoms with Gasteiger partial charge in [0.1, 0.15) is 11.8 Å². The number of ketones is 4. The molecule has 1 aliphatic rings. The lowest BCUT2D eigenvalue weighted by molar-refractivity contribution is -0.151. The Morgan fingerprint density at radius 2 is 1.28 bits per heavy atom. The second kappa shape index (κ2) is 7.07. The summed E-state index contributed by atoms with van der Waals surface area (Å²) >= 11 is 3.32. The van der Waals surface area contributed by atoms with E-state index in [1.54, 1.807) is 48.5 Å². The lowest BCUT2D eigenvalue weighted by Gasteiger charge is -2.22. The van der Waals surface area contributed by atoms with E-state index in [0.29, 0.717) is 5.56 Å². The molecular formula is C20H13BrO4. The Bertz CT molecular complexity index is 854. The van der Waals surface area contributed by atoms with Gasteiger partial charge in [0.2, 0.25) is 23.1 Å². The fourth-order valence-electron chi connectivity index (χ4n) is 2.73. The van der Waals surface area contributed by atoms with Crippen molar-refractivity contribution in [1.29, 1.82) is 0 Å². The van der Waals surface area contributed by atoms with Gasteiger partial charge in [-0.1, -0.05) is 70.5 Å². The maximum atomic E-state index is 12.4. The molecule has 0 aliphatic heterocycles. The lowest BCUT2D eigenvalue weighted by Crippen LogP contribution is -2.46. The fourth-order valence-corrected chi connectivity index (χ4v) is 3.00. The molecule has 5 heteroatoms. The van der Waals surface area contributed by atoms with Crippen LogP contribution < -0.4 is 0 Å². The minimum absolute atomic E-state index is 0.370. The molecule has 1 aliphatic carbocycles. The van der Waals surface area contributed by atoms with Crippen molar-refractivity contribution in [2.24, 2.45) is 5.92 Å². The van der Waals surface area contributed by atoms with E-state index < -0.39 is 35.0 Å². The van der Waals surface area contributed by atoms with E-state index in [-0.39, 0.29) is 0 Å². The lowest BCUT2D eigenvalue weighted by atomic mass is 9.75. The third kappa shape index (κ3) is 3.42. The Hall–Kier alpha value is -2.66.